The molecule has 6 nitrogen and oxygen atoms in total. The highest BCUT2D eigenvalue weighted by molar-refractivity contribution is 7.92. The van der Waals surface area contributed by atoms with E-state index < -0.39 is 20.0 Å². The highest BCUT2D eigenvalue weighted by Gasteiger charge is 2.27. The van der Waals surface area contributed by atoms with Crippen molar-refractivity contribution in [2.24, 2.45) is 0 Å². The first-order valence-corrected chi connectivity index (χ1v) is 7.63. The molecule has 8 heteroatoms. The van der Waals surface area contributed by atoms with Gasteiger partial charge in [-0.25, -0.2) is 25.9 Å². The largest absolute Gasteiger partial charge is 0.233 e. The summed E-state index contributed by atoms with van der Waals surface area (Å²) in [5.41, 5.74) is 0. The summed E-state index contributed by atoms with van der Waals surface area (Å²) in [5, 5.41) is 0.797. The van der Waals surface area contributed by atoms with Crippen LogP contribution in [0.15, 0.2) is 12.0 Å². The minimum Gasteiger partial charge on any atom is -0.212 e. The Morgan fingerprint density at radius 3 is 2.60 bits per heavy atom. The van der Waals surface area contributed by atoms with Crippen LogP contribution in [-0.4, -0.2) is 46.5 Å². The molecule has 0 bridgehead atoms. The average Bonchev–Trinajstić information content (AvgIpc) is 2.46. The Hall–Kier alpha value is -0.440. The van der Waals surface area contributed by atoms with Crippen molar-refractivity contribution in [3.63, 3.8) is 0 Å². The molecule has 0 amide bonds. The number of nitrogens with one attached hydrogen (secondary N) is 1. The predicted molar refractivity (Wildman–Crippen MR) is 57.1 cm³/mol. The molecule has 1 saturated heterocycles. The average molecular weight is 254 g/mol. The lowest BCUT2D eigenvalue weighted by molar-refractivity contribution is 0.445. The zero-order valence-electron chi connectivity index (χ0n) is 8.22. The van der Waals surface area contributed by atoms with Gasteiger partial charge in [-0.05, 0) is 6.42 Å². The standard InChI is InChI=1S/C7H14N2O4S2/c1-2-14(10,11)8-4-6-9-5-3-7-15(9,12)13/h2,8H,1,3-7H2. The molecule has 0 radical (unpaired) electrons. The molecule has 0 saturated carbocycles. The molecule has 0 aromatic carbocycles. The Balaban J connectivity index is 2.42. The van der Waals surface area contributed by atoms with Gasteiger partial charge in [0.15, 0.2) is 0 Å². The summed E-state index contributed by atoms with van der Waals surface area (Å²) in [6.45, 7) is 3.85. The van der Waals surface area contributed by atoms with Gasteiger partial charge in [-0.1, -0.05) is 6.58 Å². The zero-order chi connectivity index (χ0) is 11.5. The molecule has 0 spiro atoms. The van der Waals surface area contributed by atoms with Crippen LogP contribution in [0.1, 0.15) is 6.42 Å². The minimum absolute atomic E-state index is 0.0770. The molecule has 1 fully saturated rings. The van der Waals surface area contributed by atoms with E-state index in [4.69, 9.17) is 0 Å². The van der Waals surface area contributed by atoms with Gasteiger partial charge in [0.1, 0.15) is 0 Å². The molecule has 0 aliphatic carbocycles. The maximum Gasteiger partial charge on any atom is 0.233 e. The summed E-state index contributed by atoms with van der Waals surface area (Å²) < 4.78 is 48.0. The summed E-state index contributed by atoms with van der Waals surface area (Å²) in [6.07, 6.45) is 0.608. The smallest absolute Gasteiger partial charge is 0.212 e. The van der Waals surface area contributed by atoms with Crippen LogP contribution in [-0.2, 0) is 20.0 Å². The van der Waals surface area contributed by atoms with E-state index in [-0.39, 0.29) is 18.8 Å². The van der Waals surface area contributed by atoms with E-state index in [1.54, 1.807) is 0 Å². The van der Waals surface area contributed by atoms with Crippen LogP contribution >= 0.6 is 0 Å². The van der Waals surface area contributed by atoms with Gasteiger partial charge in [-0.2, -0.15) is 0 Å². The molecule has 1 N–H and O–H groups in total. The molecule has 0 aromatic heterocycles. The zero-order valence-corrected chi connectivity index (χ0v) is 9.85. The van der Waals surface area contributed by atoms with E-state index in [2.05, 4.69) is 11.3 Å². The van der Waals surface area contributed by atoms with Crippen molar-refractivity contribution in [3.8, 4) is 0 Å². The summed E-state index contributed by atoms with van der Waals surface area (Å²) in [6, 6.07) is 0. The number of hydrogen-bond acceptors (Lipinski definition) is 4. The topological polar surface area (TPSA) is 83.6 Å². The highest BCUT2D eigenvalue weighted by Crippen LogP contribution is 2.11. The maximum absolute atomic E-state index is 11.3. The maximum atomic E-state index is 11.3. The quantitative estimate of drug-likeness (QED) is 0.688. The molecule has 1 heterocycles. The van der Waals surface area contributed by atoms with Gasteiger partial charge in [0.2, 0.25) is 20.0 Å². The van der Waals surface area contributed by atoms with E-state index in [0.717, 1.165) is 5.41 Å². The lowest BCUT2D eigenvalue weighted by atomic mass is 10.5. The molecule has 1 rings (SSSR count). The SMILES string of the molecule is C=CS(=O)(=O)NCCN1CCCS1(=O)=O. The van der Waals surface area contributed by atoms with Crippen molar-refractivity contribution < 1.29 is 16.8 Å². The first-order chi connectivity index (χ1) is 6.87. The normalized spacial score (nSPS) is 21.6. The lowest BCUT2D eigenvalue weighted by Gasteiger charge is -2.13. The predicted octanol–water partition coefficient (Wildman–Crippen LogP) is -0.915. The third-order valence-corrected chi connectivity index (χ3v) is 5.09. The van der Waals surface area contributed by atoms with Crippen LogP contribution in [0.5, 0.6) is 0 Å². The van der Waals surface area contributed by atoms with Crippen molar-refractivity contribution in [3.05, 3.63) is 12.0 Å². The molecular formula is C7H14N2O4S2. The van der Waals surface area contributed by atoms with Crippen molar-refractivity contribution in [2.45, 2.75) is 6.42 Å². The molecule has 0 atom stereocenters. The highest BCUT2D eigenvalue weighted by atomic mass is 32.2. The Labute approximate surface area is 90.1 Å². The van der Waals surface area contributed by atoms with E-state index in [1.807, 2.05) is 0 Å². The van der Waals surface area contributed by atoms with Crippen LogP contribution < -0.4 is 4.72 Å². The van der Waals surface area contributed by atoms with E-state index in [1.165, 1.54) is 4.31 Å². The molecule has 1 aliphatic rings. The van der Waals surface area contributed by atoms with E-state index in [0.29, 0.717) is 13.0 Å². The van der Waals surface area contributed by atoms with Crippen molar-refractivity contribution in [2.75, 3.05) is 25.4 Å². The molecular weight excluding hydrogens is 240 g/mol. The fourth-order valence-corrected chi connectivity index (χ4v) is 3.34. The van der Waals surface area contributed by atoms with Crippen molar-refractivity contribution >= 4 is 20.0 Å². The van der Waals surface area contributed by atoms with Crippen molar-refractivity contribution in [1.82, 2.24) is 9.03 Å². The third-order valence-electron chi connectivity index (χ3n) is 2.09. The van der Waals surface area contributed by atoms with Gasteiger partial charge in [0, 0.05) is 25.0 Å². The van der Waals surface area contributed by atoms with Gasteiger partial charge >= 0.3 is 0 Å². The van der Waals surface area contributed by atoms with Gasteiger partial charge < -0.3 is 0 Å². The molecule has 0 aromatic rings. The summed E-state index contributed by atoms with van der Waals surface area (Å²) in [4.78, 5) is 0. The summed E-state index contributed by atoms with van der Waals surface area (Å²) >= 11 is 0. The number of rotatable bonds is 5. The lowest BCUT2D eigenvalue weighted by Crippen LogP contribution is -2.35. The van der Waals surface area contributed by atoms with Crippen LogP contribution in [0, 0.1) is 0 Å². The molecule has 0 unspecified atom stereocenters. The van der Waals surface area contributed by atoms with Gasteiger partial charge in [0.05, 0.1) is 5.75 Å². The van der Waals surface area contributed by atoms with E-state index in [9.17, 15) is 16.8 Å². The van der Waals surface area contributed by atoms with Crippen LogP contribution in [0.3, 0.4) is 0 Å². The third kappa shape index (κ3) is 3.56. The Kier molecular flexibility index (Phi) is 3.87. The monoisotopic (exact) mass is 254 g/mol. The number of nitrogens with zero attached hydrogens (tertiary/aromatic N) is 1. The van der Waals surface area contributed by atoms with Gasteiger partial charge in [0.25, 0.3) is 0 Å². The second-order valence-corrected chi connectivity index (χ2v) is 6.98. The minimum atomic E-state index is -3.46. The Morgan fingerprint density at radius 2 is 2.13 bits per heavy atom. The first-order valence-electron chi connectivity index (χ1n) is 4.47. The van der Waals surface area contributed by atoms with Crippen LogP contribution in [0.4, 0.5) is 0 Å². The fourth-order valence-electron chi connectivity index (χ4n) is 1.31. The number of sulfonamides is 2. The number of hydrogen-bond donors (Lipinski definition) is 1. The second-order valence-electron chi connectivity index (χ2n) is 3.17. The molecule has 15 heavy (non-hydrogen) atoms. The van der Waals surface area contributed by atoms with Crippen LogP contribution in [0.2, 0.25) is 0 Å². The van der Waals surface area contributed by atoms with Gasteiger partial charge in [-0.15, -0.1) is 0 Å². The van der Waals surface area contributed by atoms with Crippen LogP contribution in [0.25, 0.3) is 0 Å². The summed E-state index contributed by atoms with van der Waals surface area (Å²) in [7, 11) is -6.59. The first kappa shape index (κ1) is 12.6. The Morgan fingerprint density at radius 1 is 1.47 bits per heavy atom. The fraction of sp³-hybridized carbons (Fsp3) is 0.714. The van der Waals surface area contributed by atoms with Crippen molar-refractivity contribution in [1.29, 1.82) is 0 Å². The molecule has 1 aliphatic heterocycles. The second kappa shape index (κ2) is 4.60. The van der Waals surface area contributed by atoms with E-state index >= 15 is 0 Å². The molecule has 88 valence electrons. The Bertz CT molecular complexity index is 426. The van der Waals surface area contributed by atoms with Gasteiger partial charge in [-0.3, -0.25) is 0 Å². The summed E-state index contributed by atoms with van der Waals surface area (Å²) in [5.74, 6) is 0.154.